The molecule has 0 aromatic heterocycles. The molecule has 7 heteroatoms. The van der Waals surface area contributed by atoms with Crippen molar-refractivity contribution in [3.63, 3.8) is 0 Å². The van der Waals surface area contributed by atoms with E-state index in [4.69, 9.17) is 4.74 Å². The average molecular weight is 558 g/mol. The predicted molar refractivity (Wildman–Crippen MR) is 121 cm³/mol. The first-order valence-corrected chi connectivity index (χ1v) is 11.1. The van der Waals surface area contributed by atoms with Gasteiger partial charge in [-0.2, -0.15) is 0 Å². The zero-order chi connectivity index (χ0) is 19.4. The number of carbonyl (C=O) groups is 2. The SMILES string of the molecule is CCCOc1ccc(Br)cc1/C=C1\SC(=O)N(Cc2ccc(I)cc2)C1=O. The van der Waals surface area contributed by atoms with Gasteiger partial charge in [-0.05, 0) is 82.7 Å². The van der Waals surface area contributed by atoms with Crippen LogP contribution in [0.5, 0.6) is 5.75 Å². The van der Waals surface area contributed by atoms with Gasteiger partial charge in [0.2, 0.25) is 0 Å². The normalized spacial score (nSPS) is 15.7. The summed E-state index contributed by atoms with van der Waals surface area (Å²) < 4.78 is 7.76. The summed E-state index contributed by atoms with van der Waals surface area (Å²) in [5.74, 6) is 0.425. The fourth-order valence-corrected chi connectivity index (χ4v) is 4.09. The van der Waals surface area contributed by atoms with E-state index in [0.717, 1.165) is 37.4 Å². The van der Waals surface area contributed by atoms with Crippen molar-refractivity contribution in [2.45, 2.75) is 19.9 Å². The van der Waals surface area contributed by atoms with Crippen molar-refractivity contribution in [1.82, 2.24) is 4.90 Å². The summed E-state index contributed by atoms with van der Waals surface area (Å²) in [5.41, 5.74) is 1.70. The van der Waals surface area contributed by atoms with Gasteiger partial charge in [-0.25, -0.2) is 0 Å². The number of amides is 2. The second kappa shape index (κ2) is 9.25. The van der Waals surface area contributed by atoms with Gasteiger partial charge in [0, 0.05) is 13.6 Å². The Morgan fingerprint density at radius 3 is 2.63 bits per heavy atom. The number of hydrogen-bond donors (Lipinski definition) is 0. The van der Waals surface area contributed by atoms with E-state index in [1.165, 1.54) is 4.90 Å². The molecule has 1 saturated heterocycles. The average Bonchev–Trinajstić information content (AvgIpc) is 2.90. The van der Waals surface area contributed by atoms with Crippen LogP contribution in [0.1, 0.15) is 24.5 Å². The quantitative estimate of drug-likeness (QED) is 0.319. The highest BCUT2D eigenvalue weighted by molar-refractivity contribution is 14.1. The van der Waals surface area contributed by atoms with Gasteiger partial charge in [0.1, 0.15) is 5.75 Å². The number of thioether (sulfide) groups is 1. The number of carbonyl (C=O) groups excluding carboxylic acids is 2. The molecule has 4 nitrogen and oxygen atoms in total. The summed E-state index contributed by atoms with van der Waals surface area (Å²) in [6.45, 7) is 2.90. The van der Waals surface area contributed by atoms with Crippen molar-refractivity contribution < 1.29 is 14.3 Å². The van der Waals surface area contributed by atoms with Gasteiger partial charge < -0.3 is 4.74 Å². The molecule has 1 aliphatic rings. The molecular formula is C20H17BrINO3S. The monoisotopic (exact) mass is 557 g/mol. The van der Waals surface area contributed by atoms with Crippen molar-refractivity contribution >= 4 is 67.5 Å². The number of imide groups is 1. The van der Waals surface area contributed by atoms with Crippen LogP contribution >= 0.6 is 50.3 Å². The number of benzene rings is 2. The topological polar surface area (TPSA) is 46.6 Å². The Kier molecular flexibility index (Phi) is 6.99. The molecule has 2 amide bonds. The Morgan fingerprint density at radius 2 is 1.93 bits per heavy atom. The zero-order valence-electron chi connectivity index (χ0n) is 14.6. The second-order valence-corrected chi connectivity index (χ2v) is 9.08. The highest BCUT2D eigenvalue weighted by atomic mass is 127. The van der Waals surface area contributed by atoms with Crippen molar-refractivity contribution in [2.24, 2.45) is 0 Å². The molecule has 3 rings (SSSR count). The maximum absolute atomic E-state index is 12.8. The number of ether oxygens (including phenoxy) is 1. The van der Waals surface area contributed by atoms with E-state index in [9.17, 15) is 9.59 Å². The Bertz CT molecular complexity index is 899. The largest absolute Gasteiger partial charge is 0.493 e. The lowest BCUT2D eigenvalue weighted by Gasteiger charge is -2.12. The summed E-state index contributed by atoms with van der Waals surface area (Å²) in [6, 6.07) is 13.4. The van der Waals surface area contributed by atoms with Crippen LogP contribution in [-0.2, 0) is 11.3 Å². The lowest BCUT2D eigenvalue weighted by Crippen LogP contribution is -2.27. The molecule has 1 fully saturated rings. The third-order valence-electron chi connectivity index (χ3n) is 3.85. The van der Waals surface area contributed by atoms with E-state index in [-0.39, 0.29) is 17.7 Å². The number of hydrogen-bond acceptors (Lipinski definition) is 4. The molecule has 0 radical (unpaired) electrons. The molecule has 0 saturated carbocycles. The number of rotatable bonds is 6. The minimum Gasteiger partial charge on any atom is -0.493 e. The molecule has 1 heterocycles. The van der Waals surface area contributed by atoms with E-state index in [1.807, 2.05) is 49.4 Å². The number of halogens is 2. The Morgan fingerprint density at radius 1 is 1.19 bits per heavy atom. The molecule has 140 valence electrons. The fraction of sp³-hybridized carbons (Fsp3) is 0.200. The first-order chi connectivity index (χ1) is 13.0. The summed E-state index contributed by atoms with van der Waals surface area (Å²) in [6.07, 6.45) is 2.62. The molecule has 0 aliphatic carbocycles. The van der Waals surface area contributed by atoms with Gasteiger partial charge >= 0.3 is 0 Å². The summed E-state index contributed by atoms with van der Waals surface area (Å²) >= 11 is 6.64. The first-order valence-electron chi connectivity index (χ1n) is 8.40. The first kappa shape index (κ1) is 20.4. The molecule has 0 atom stereocenters. The third kappa shape index (κ3) is 5.14. The molecule has 0 N–H and O–H groups in total. The predicted octanol–water partition coefficient (Wildman–Crippen LogP) is 6.08. The van der Waals surface area contributed by atoms with E-state index >= 15 is 0 Å². The number of nitrogens with zero attached hydrogens (tertiary/aromatic N) is 1. The Labute approximate surface area is 184 Å². The smallest absolute Gasteiger partial charge is 0.293 e. The van der Waals surface area contributed by atoms with Crippen LogP contribution in [0.3, 0.4) is 0 Å². The highest BCUT2D eigenvalue weighted by Gasteiger charge is 2.35. The maximum Gasteiger partial charge on any atom is 0.293 e. The minimum atomic E-state index is -0.273. The van der Waals surface area contributed by atoms with Crippen LogP contribution in [0.25, 0.3) is 6.08 Å². The van der Waals surface area contributed by atoms with Crippen LogP contribution < -0.4 is 4.74 Å². The van der Waals surface area contributed by atoms with E-state index in [0.29, 0.717) is 17.3 Å². The Balaban J connectivity index is 1.84. The van der Waals surface area contributed by atoms with Crippen molar-refractivity contribution in [3.05, 3.63) is 66.5 Å². The minimum absolute atomic E-state index is 0.254. The Hall–Kier alpha value is -1.32. The van der Waals surface area contributed by atoms with Crippen molar-refractivity contribution in [1.29, 1.82) is 0 Å². The highest BCUT2D eigenvalue weighted by Crippen LogP contribution is 2.35. The lowest BCUT2D eigenvalue weighted by atomic mass is 10.1. The van der Waals surface area contributed by atoms with Gasteiger partial charge in [-0.15, -0.1) is 0 Å². The molecule has 1 aliphatic heterocycles. The molecule has 27 heavy (non-hydrogen) atoms. The second-order valence-electron chi connectivity index (χ2n) is 5.92. The van der Waals surface area contributed by atoms with Crippen LogP contribution in [-0.4, -0.2) is 22.7 Å². The molecule has 0 unspecified atom stereocenters. The van der Waals surface area contributed by atoms with E-state index in [1.54, 1.807) is 6.08 Å². The van der Waals surface area contributed by atoms with Gasteiger partial charge in [0.15, 0.2) is 0 Å². The third-order valence-corrected chi connectivity index (χ3v) is 5.97. The van der Waals surface area contributed by atoms with E-state index < -0.39 is 0 Å². The van der Waals surface area contributed by atoms with Crippen LogP contribution in [0.4, 0.5) is 4.79 Å². The van der Waals surface area contributed by atoms with Crippen molar-refractivity contribution in [3.8, 4) is 5.75 Å². The van der Waals surface area contributed by atoms with Gasteiger partial charge in [-0.3, -0.25) is 14.5 Å². The van der Waals surface area contributed by atoms with Gasteiger partial charge in [-0.1, -0.05) is 35.0 Å². The molecule has 0 bridgehead atoms. The standard InChI is InChI=1S/C20H17BrINO3S/c1-2-9-26-17-8-5-15(21)10-14(17)11-18-19(24)23(20(25)27-18)12-13-3-6-16(22)7-4-13/h3-8,10-11H,2,9,12H2,1H3/b18-11-. The molecule has 0 spiro atoms. The van der Waals surface area contributed by atoms with Gasteiger partial charge in [0.25, 0.3) is 11.1 Å². The molecule has 2 aromatic carbocycles. The van der Waals surface area contributed by atoms with Crippen molar-refractivity contribution in [2.75, 3.05) is 6.61 Å². The summed E-state index contributed by atoms with van der Waals surface area (Å²) in [5, 5.41) is -0.254. The maximum atomic E-state index is 12.8. The lowest BCUT2D eigenvalue weighted by molar-refractivity contribution is -0.123. The van der Waals surface area contributed by atoms with Crippen LogP contribution in [0.15, 0.2) is 51.8 Å². The van der Waals surface area contributed by atoms with Crippen LogP contribution in [0.2, 0.25) is 0 Å². The fourth-order valence-electron chi connectivity index (χ4n) is 2.53. The molecular weight excluding hydrogens is 541 g/mol. The molecule has 2 aromatic rings. The summed E-state index contributed by atoms with van der Waals surface area (Å²) in [4.78, 5) is 26.8. The van der Waals surface area contributed by atoms with E-state index in [2.05, 4.69) is 38.5 Å². The zero-order valence-corrected chi connectivity index (χ0v) is 19.1. The summed E-state index contributed by atoms with van der Waals surface area (Å²) in [7, 11) is 0. The van der Waals surface area contributed by atoms with Gasteiger partial charge in [0.05, 0.1) is 18.1 Å². The van der Waals surface area contributed by atoms with Crippen LogP contribution in [0, 0.1) is 3.57 Å².